The number of carbonyl (C=O) groups excluding carboxylic acids is 2. The molecule has 0 unspecified atom stereocenters. The molecule has 6 heteroatoms. The van der Waals surface area contributed by atoms with Crippen LogP contribution in [-0.2, 0) is 14.3 Å². The van der Waals surface area contributed by atoms with E-state index in [1.807, 2.05) is 23.9 Å². The fraction of sp³-hybridized carbons (Fsp3) is 0.909. The van der Waals surface area contributed by atoms with Gasteiger partial charge in [0.25, 0.3) is 0 Å². The Bertz CT molecular complexity index is 602. The third-order valence-corrected chi connectivity index (χ3v) is 7.23. The van der Waals surface area contributed by atoms with Gasteiger partial charge in [-0.3, -0.25) is 14.5 Å². The average Bonchev–Trinajstić information content (AvgIpc) is 3.55. The smallest absolute Gasteiger partial charge is 0.225 e. The van der Waals surface area contributed by atoms with Gasteiger partial charge < -0.3 is 14.5 Å². The largest absolute Gasteiger partial charge is 0.376 e. The maximum atomic E-state index is 12.8. The van der Waals surface area contributed by atoms with E-state index in [4.69, 9.17) is 4.74 Å². The van der Waals surface area contributed by atoms with Crippen molar-refractivity contribution in [3.8, 4) is 0 Å². The second kappa shape index (κ2) is 7.94. The van der Waals surface area contributed by atoms with E-state index in [0.29, 0.717) is 55.3 Å². The summed E-state index contributed by atoms with van der Waals surface area (Å²) in [7, 11) is 3.88. The standard InChI is InChI=1S/C22H37N3O3/c1-14(2)11-25-12-15(9-20(26)23(3)16-5-6-16)22-18(25)13-28-19(22)10-21(27)24(4)17-7-8-17/h14-19,22H,5-13H2,1-4H3/t15-,18-,19+,22-/m1/s1. The summed E-state index contributed by atoms with van der Waals surface area (Å²) in [6.07, 6.45) is 5.57. The first-order chi connectivity index (χ1) is 13.3. The highest BCUT2D eigenvalue weighted by atomic mass is 16.5. The number of carbonyl (C=O) groups is 2. The fourth-order valence-electron chi connectivity index (χ4n) is 5.31. The molecule has 4 atom stereocenters. The third-order valence-electron chi connectivity index (χ3n) is 7.23. The van der Waals surface area contributed by atoms with Crippen LogP contribution in [0.1, 0.15) is 52.4 Å². The van der Waals surface area contributed by atoms with Gasteiger partial charge in [0.1, 0.15) is 0 Å². The van der Waals surface area contributed by atoms with Crippen LogP contribution < -0.4 is 0 Å². The minimum absolute atomic E-state index is 0.0418. The van der Waals surface area contributed by atoms with Gasteiger partial charge in [0.2, 0.25) is 11.8 Å². The summed E-state index contributed by atoms with van der Waals surface area (Å²) in [5, 5.41) is 0. The number of hydrogen-bond donors (Lipinski definition) is 0. The number of nitrogens with zero attached hydrogens (tertiary/aromatic N) is 3. The maximum Gasteiger partial charge on any atom is 0.225 e. The number of likely N-dealkylation sites (tertiary alicyclic amines) is 1. The van der Waals surface area contributed by atoms with E-state index in [1.165, 1.54) is 0 Å². The number of fused-ring (bicyclic) bond motifs is 1. The molecule has 28 heavy (non-hydrogen) atoms. The Balaban J connectivity index is 1.44. The molecular weight excluding hydrogens is 354 g/mol. The van der Waals surface area contributed by atoms with Crippen LogP contribution in [0.15, 0.2) is 0 Å². The Morgan fingerprint density at radius 3 is 2.11 bits per heavy atom. The van der Waals surface area contributed by atoms with Gasteiger partial charge >= 0.3 is 0 Å². The zero-order valence-corrected chi connectivity index (χ0v) is 18.0. The Morgan fingerprint density at radius 1 is 1.00 bits per heavy atom. The molecule has 2 aliphatic heterocycles. The Kier molecular flexibility index (Phi) is 5.71. The molecule has 0 radical (unpaired) electrons. The van der Waals surface area contributed by atoms with Gasteiger partial charge in [-0.05, 0) is 37.5 Å². The molecule has 2 saturated heterocycles. The molecule has 0 aromatic carbocycles. The Labute approximate surface area is 169 Å². The lowest BCUT2D eigenvalue weighted by Gasteiger charge is -2.26. The lowest BCUT2D eigenvalue weighted by Crippen LogP contribution is -2.38. The molecule has 2 heterocycles. The molecular formula is C22H37N3O3. The van der Waals surface area contributed by atoms with Crippen LogP contribution in [0.25, 0.3) is 0 Å². The van der Waals surface area contributed by atoms with Gasteiger partial charge in [0.05, 0.1) is 19.1 Å². The van der Waals surface area contributed by atoms with E-state index >= 15 is 0 Å². The van der Waals surface area contributed by atoms with Crippen molar-refractivity contribution in [2.24, 2.45) is 17.8 Å². The van der Waals surface area contributed by atoms with Crippen molar-refractivity contribution in [2.75, 3.05) is 33.8 Å². The van der Waals surface area contributed by atoms with Crippen molar-refractivity contribution in [3.05, 3.63) is 0 Å². The first-order valence-electron chi connectivity index (χ1n) is 11.2. The molecule has 0 aromatic rings. The molecule has 0 aromatic heterocycles. The molecule has 4 fully saturated rings. The first kappa shape index (κ1) is 20.1. The monoisotopic (exact) mass is 391 g/mol. The SMILES string of the molecule is CC(C)CN1C[C@@H](CC(=O)N(C)C2CC2)[C@H]2[C@H](CC(=O)N(C)C3CC3)OC[C@H]21. The lowest BCUT2D eigenvalue weighted by molar-refractivity contribution is -0.133. The van der Waals surface area contributed by atoms with Gasteiger partial charge in [-0.2, -0.15) is 0 Å². The average molecular weight is 392 g/mol. The van der Waals surface area contributed by atoms with Crippen molar-refractivity contribution in [1.82, 2.24) is 14.7 Å². The van der Waals surface area contributed by atoms with Crippen molar-refractivity contribution < 1.29 is 14.3 Å². The maximum absolute atomic E-state index is 12.8. The molecule has 2 saturated carbocycles. The van der Waals surface area contributed by atoms with Gasteiger partial charge in [-0.25, -0.2) is 0 Å². The second-order valence-corrected chi connectivity index (χ2v) is 10.0. The van der Waals surface area contributed by atoms with Crippen molar-refractivity contribution in [3.63, 3.8) is 0 Å². The number of rotatable bonds is 8. The summed E-state index contributed by atoms with van der Waals surface area (Å²) < 4.78 is 6.17. The topological polar surface area (TPSA) is 53.1 Å². The van der Waals surface area contributed by atoms with Crippen LogP contribution in [-0.4, -0.2) is 84.5 Å². The summed E-state index contributed by atoms with van der Waals surface area (Å²) >= 11 is 0. The predicted molar refractivity (Wildman–Crippen MR) is 108 cm³/mol. The minimum atomic E-state index is -0.0418. The van der Waals surface area contributed by atoms with Gasteiger partial charge in [0.15, 0.2) is 0 Å². The lowest BCUT2D eigenvalue weighted by atomic mass is 9.84. The highest BCUT2D eigenvalue weighted by molar-refractivity contribution is 5.78. The fourth-order valence-corrected chi connectivity index (χ4v) is 5.31. The highest BCUT2D eigenvalue weighted by Gasteiger charge is 2.52. The van der Waals surface area contributed by atoms with E-state index in [1.54, 1.807) is 0 Å². The molecule has 0 N–H and O–H groups in total. The van der Waals surface area contributed by atoms with Crippen molar-refractivity contribution >= 4 is 11.8 Å². The number of amides is 2. The van der Waals surface area contributed by atoms with Gasteiger partial charge in [0, 0.05) is 57.6 Å². The van der Waals surface area contributed by atoms with Crippen LogP contribution >= 0.6 is 0 Å². The molecule has 158 valence electrons. The van der Waals surface area contributed by atoms with E-state index in [2.05, 4.69) is 18.7 Å². The molecule has 4 aliphatic rings. The van der Waals surface area contributed by atoms with E-state index in [0.717, 1.165) is 38.8 Å². The summed E-state index contributed by atoms with van der Waals surface area (Å²) in [6.45, 7) is 7.19. The molecule has 0 spiro atoms. The van der Waals surface area contributed by atoms with E-state index < -0.39 is 0 Å². The number of hydrogen-bond acceptors (Lipinski definition) is 4. The quantitative estimate of drug-likeness (QED) is 0.635. The molecule has 6 nitrogen and oxygen atoms in total. The Hall–Kier alpha value is -1.14. The second-order valence-electron chi connectivity index (χ2n) is 10.0. The summed E-state index contributed by atoms with van der Waals surface area (Å²) in [5.41, 5.74) is 0. The summed E-state index contributed by atoms with van der Waals surface area (Å²) in [5.74, 6) is 1.65. The normalized spacial score (nSPS) is 32.6. The zero-order valence-electron chi connectivity index (χ0n) is 18.0. The van der Waals surface area contributed by atoms with Crippen LogP contribution in [0.4, 0.5) is 0 Å². The molecule has 2 aliphatic carbocycles. The van der Waals surface area contributed by atoms with Crippen LogP contribution in [0, 0.1) is 17.8 Å². The minimum Gasteiger partial charge on any atom is -0.376 e. The number of ether oxygens (including phenoxy) is 1. The summed E-state index contributed by atoms with van der Waals surface area (Å²) in [4.78, 5) is 31.9. The van der Waals surface area contributed by atoms with Gasteiger partial charge in [-0.1, -0.05) is 13.8 Å². The molecule has 4 rings (SSSR count). The summed E-state index contributed by atoms with van der Waals surface area (Å²) in [6, 6.07) is 1.26. The van der Waals surface area contributed by atoms with Crippen LogP contribution in [0.3, 0.4) is 0 Å². The molecule has 0 bridgehead atoms. The predicted octanol–water partition coefficient (Wildman–Crippen LogP) is 1.98. The highest BCUT2D eigenvalue weighted by Crippen LogP contribution is 2.42. The van der Waals surface area contributed by atoms with Crippen molar-refractivity contribution in [2.45, 2.75) is 76.6 Å². The Morgan fingerprint density at radius 2 is 1.57 bits per heavy atom. The third kappa shape index (κ3) is 4.23. The van der Waals surface area contributed by atoms with Crippen molar-refractivity contribution in [1.29, 1.82) is 0 Å². The first-order valence-corrected chi connectivity index (χ1v) is 11.2. The van der Waals surface area contributed by atoms with Crippen LogP contribution in [0.5, 0.6) is 0 Å². The van der Waals surface area contributed by atoms with E-state index in [9.17, 15) is 9.59 Å². The van der Waals surface area contributed by atoms with E-state index in [-0.39, 0.29) is 17.9 Å². The zero-order chi connectivity index (χ0) is 20.0. The van der Waals surface area contributed by atoms with Gasteiger partial charge in [-0.15, -0.1) is 0 Å². The molecule has 2 amide bonds. The van der Waals surface area contributed by atoms with Crippen LogP contribution in [0.2, 0.25) is 0 Å².